The van der Waals surface area contributed by atoms with E-state index in [2.05, 4.69) is 35.0 Å². The van der Waals surface area contributed by atoms with Crippen molar-refractivity contribution in [2.75, 3.05) is 18.0 Å². The zero-order chi connectivity index (χ0) is 24.2. The summed E-state index contributed by atoms with van der Waals surface area (Å²) >= 11 is 0. The SMILES string of the molecule is NC1CN(c2cncc(-c3cc4c(-c5cc6c(-c7ccccc7F)cncc6[nH]5)n[nH]c4cn3)n2)C1. The van der Waals surface area contributed by atoms with Gasteiger partial charge in [-0.2, -0.15) is 5.10 Å². The standard InChI is InChI=1S/C26H20FN9/c27-19-4-2-1-3-15(19)18-7-29-8-22-16(18)5-21(32-22)26-17-6-20(31-10-23(17)34-35-26)24-9-30-11-25(33-24)36-12-14(28)13-36/h1-11,14,32H,12-13,28H2,(H,34,35). The molecular weight excluding hydrogens is 457 g/mol. The number of aromatic amines is 2. The molecule has 0 spiro atoms. The third-order valence-electron chi connectivity index (χ3n) is 6.53. The summed E-state index contributed by atoms with van der Waals surface area (Å²) in [5.74, 6) is 0.492. The first-order valence-corrected chi connectivity index (χ1v) is 11.5. The number of hydrogen-bond donors (Lipinski definition) is 3. The van der Waals surface area contributed by atoms with Crippen LogP contribution in [0.4, 0.5) is 10.2 Å². The van der Waals surface area contributed by atoms with E-state index in [0.29, 0.717) is 22.5 Å². The van der Waals surface area contributed by atoms with E-state index in [0.717, 1.165) is 52.1 Å². The Hall–Kier alpha value is -4.70. The average Bonchev–Trinajstić information content (AvgIpc) is 3.51. The molecule has 9 nitrogen and oxygen atoms in total. The summed E-state index contributed by atoms with van der Waals surface area (Å²) in [6.45, 7) is 1.53. The van der Waals surface area contributed by atoms with Crippen molar-refractivity contribution < 1.29 is 4.39 Å². The zero-order valence-corrected chi connectivity index (χ0v) is 19.0. The number of H-pyrrole nitrogens is 2. The second kappa shape index (κ2) is 7.92. The molecule has 1 saturated heterocycles. The molecule has 0 saturated carbocycles. The Morgan fingerprint density at radius 2 is 1.75 bits per heavy atom. The first-order chi connectivity index (χ1) is 17.6. The minimum atomic E-state index is -0.293. The van der Waals surface area contributed by atoms with Crippen molar-refractivity contribution in [3.63, 3.8) is 0 Å². The molecule has 0 radical (unpaired) electrons. The Morgan fingerprint density at radius 3 is 2.61 bits per heavy atom. The summed E-state index contributed by atoms with van der Waals surface area (Å²) in [7, 11) is 0. The van der Waals surface area contributed by atoms with Crippen molar-refractivity contribution in [3.05, 3.63) is 73.2 Å². The van der Waals surface area contributed by atoms with E-state index in [1.807, 2.05) is 18.2 Å². The molecule has 0 unspecified atom stereocenters. The van der Waals surface area contributed by atoms with E-state index in [1.165, 1.54) is 6.07 Å². The maximum absolute atomic E-state index is 14.5. The van der Waals surface area contributed by atoms with Crippen LogP contribution in [0.2, 0.25) is 0 Å². The molecule has 36 heavy (non-hydrogen) atoms. The Bertz CT molecular complexity index is 1750. The molecule has 10 heteroatoms. The third kappa shape index (κ3) is 3.30. The van der Waals surface area contributed by atoms with Crippen LogP contribution >= 0.6 is 0 Å². The van der Waals surface area contributed by atoms with E-state index < -0.39 is 0 Å². The first-order valence-electron chi connectivity index (χ1n) is 11.5. The van der Waals surface area contributed by atoms with Gasteiger partial charge in [-0.3, -0.25) is 20.1 Å². The molecule has 0 bridgehead atoms. The van der Waals surface area contributed by atoms with Crippen LogP contribution in [0.25, 0.3) is 55.7 Å². The summed E-state index contributed by atoms with van der Waals surface area (Å²) in [6.07, 6.45) is 8.59. The van der Waals surface area contributed by atoms with E-state index in [9.17, 15) is 4.39 Å². The van der Waals surface area contributed by atoms with E-state index in [-0.39, 0.29) is 11.9 Å². The molecule has 4 N–H and O–H groups in total. The number of hydrogen-bond acceptors (Lipinski definition) is 7. The maximum atomic E-state index is 14.5. The first kappa shape index (κ1) is 20.7. The normalized spacial score (nSPS) is 14.0. The highest BCUT2D eigenvalue weighted by atomic mass is 19.1. The number of halogens is 1. The lowest BCUT2D eigenvalue weighted by atomic mass is 10.0. The van der Waals surface area contributed by atoms with Gasteiger partial charge < -0.3 is 15.6 Å². The number of aromatic nitrogens is 7. The molecule has 0 amide bonds. The van der Waals surface area contributed by atoms with Crippen LogP contribution in [0.1, 0.15) is 0 Å². The Balaban J connectivity index is 1.32. The van der Waals surface area contributed by atoms with Crippen LogP contribution in [0.15, 0.2) is 67.4 Å². The van der Waals surface area contributed by atoms with Gasteiger partial charge >= 0.3 is 0 Å². The van der Waals surface area contributed by atoms with E-state index in [1.54, 1.807) is 43.1 Å². The fraction of sp³-hybridized carbons (Fsp3) is 0.115. The second-order valence-electron chi connectivity index (χ2n) is 8.93. The molecule has 6 heterocycles. The van der Waals surface area contributed by atoms with Gasteiger partial charge in [0.25, 0.3) is 0 Å². The van der Waals surface area contributed by atoms with Crippen LogP contribution in [0, 0.1) is 5.82 Å². The lowest BCUT2D eigenvalue weighted by molar-refractivity contribution is 0.514. The molecule has 1 aliphatic heterocycles. The molecule has 0 atom stereocenters. The summed E-state index contributed by atoms with van der Waals surface area (Å²) in [5, 5.41) is 9.34. The minimum absolute atomic E-state index is 0.170. The molecule has 1 fully saturated rings. The number of anilines is 1. The zero-order valence-electron chi connectivity index (χ0n) is 19.0. The van der Waals surface area contributed by atoms with Crippen molar-refractivity contribution >= 4 is 27.6 Å². The largest absolute Gasteiger partial charge is 0.352 e. The Morgan fingerprint density at radius 1 is 0.889 bits per heavy atom. The molecule has 1 aromatic carbocycles. The van der Waals surface area contributed by atoms with Crippen molar-refractivity contribution in [1.29, 1.82) is 0 Å². The predicted molar refractivity (Wildman–Crippen MR) is 136 cm³/mol. The van der Waals surface area contributed by atoms with Gasteiger partial charge in [0.15, 0.2) is 0 Å². The van der Waals surface area contributed by atoms with Gasteiger partial charge in [0.2, 0.25) is 0 Å². The fourth-order valence-electron chi connectivity index (χ4n) is 4.67. The number of nitrogens with zero attached hydrogens (tertiary/aromatic N) is 6. The molecular formula is C26H20FN9. The molecule has 0 aliphatic carbocycles. The highest BCUT2D eigenvalue weighted by Crippen LogP contribution is 2.35. The van der Waals surface area contributed by atoms with E-state index >= 15 is 0 Å². The van der Waals surface area contributed by atoms with Gasteiger partial charge in [-0.1, -0.05) is 18.2 Å². The van der Waals surface area contributed by atoms with Crippen molar-refractivity contribution in [2.45, 2.75) is 6.04 Å². The van der Waals surface area contributed by atoms with Crippen LogP contribution < -0.4 is 10.6 Å². The molecule has 1 aliphatic rings. The van der Waals surface area contributed by atoms with Crippen molar-refractivity contribution in [1.82, 2.24) is 35.1 Å². The minimum Gasteiger partial charge on any atom is -0.352 e. The third-order valence-corrected chi connectivity index (χ3v) is 6.53. The Kier molecular flexibility index (Phi) is 4.55. The van der Waals surface area contributed by atoms with Crippen LogP contribution in [0.3, 0.4) is 0 Å². The van der Waals surface area contributed by atoms with Crippen molar-refractivity contribution in [3.8, 4) is 33.9 Å². The number of nitrogens with one attached hydrogen (secondary N) is 2. The molecule has 7 rings (SSSR count). The summed E-state index contributed by atoms with van der Waals surface area (Å²) in [6, 6.07) is 10.8. The highest BCUT2D eigenvalue weighted by Gasteiger charge is 2.25. The van der Waals surface area contributed by atoms with Gasteiger partial charge in [-0.15, -0.1) is 0 Å². The summed E-state index contributed by atoms with van der Waals surface area (Å²) in [5.41, 5.74) is 11.6. The quantitative estimate of drug-likeness (QED) is 0.351. The lowest BCUT2D eigenvalue weighted by Gasteiger charge is -2.37. The van der Waals surface area contributed by atoms with Crippen LogP contribution in [-0.4, -0.2) is 54.2 Å². The Labute approximate surface area is 204 Å². The number of fused-ring (bicyclic) bond motifs is 2. The topological polar surface area (TPSA) is 125 Å². The number of rotatable bonds is 4. The number of nitrogens with two attached hydrogens (primary N) is 1. The highest BCUT2D eigenvalue weighted by molar-refractivity contribution is 6.01. The smallest absolute Gasteiger partial charge is 0.147 e. The summed E-state index contributed by atoms with van der Waals surface area (Å²) in [4.78, 5) is 23.5. The molecule has 6 aromatic rings. The summed E-state index contributed by atoms with van der Waals surface area (Å²) < 4.78 is 14.5. The monoisotopic (exact) mass is 477 g/mol. The van der Waals surface area contributed by atoms with Gasteiger partial charge in [-0.05, 0) is 18.2 Å². The van der Waals surface area contributed by atoms with E-state index in [4.69, 9.17) is 10.7 Å². The molecule has 5 aromatic heterocycles. The van der Waals surface area contributed by atoms with Crippen molar-refractivity contribution in [2.24, 2.45) is 5.73 Å². The average molecular weight is 478 g/mol. The lowest BCUT2D eigenvalue weighted by Crippen LogP contribution is -2.56. The number of benzene rings is 1. The molecule has 176 valence electrons. The number of pyridine rings is 2. The van der Waals surface area contributed by atoms with Crippen LogP contribution in [0.5, 0.6) is 0 Å². The maximum Gasteiger partial charge on any atom is 0.147 e. The van der Waals surface area contributed by atoms with Gasteiger partial charge in [-0.25, -0.2) is 9.37 Å². The van der Waals surface area contributed by atoms with Gasteiger partial charge in [0.1, 0.15) is 23.0 Å². The fourth-order valence-corrected chi connectivity index (χ4v) is 4.67. The van der Waals surface area contributed by atoms with Crippen LogP contribution in [-0.2, 0) is 0 Å². The predicted octanol–water partition coefficient (Wildman–Crippen LogP) is 3.91. The van der Waals surface area contributed by atoms with Gasteiger partial charge in [0.05, 0.1) is 47.2 Å². The second-order valence-corrected chi connectivity index (χ2v) is 8.93. The van der Waals surface area contributed by atoms with Gasteiger partial charge in [0, 0.05) is 47.2 Å².